The van der Waals surface area contributed by atoms with Crippen LogP contribution < -0.4 is 0 Å². The molecule has 0 saturated heterocycles. The smallest absolute Gasteiger partial charge is 0.0894 e. The van der Waals surface area contributed by atoms with E-state index in [4.69, 9.17) is 0 Å². The highest BCUT2D eigenvalue weighted by Gasteiger charge is 1.99. The van der Waals surface area contributed by atoms with Crippen molar-refractivity contribution in [3.63, 3.8) is 0 Å². The fourth-order valence-electron chi connectivity index (χ4n) is 3.30. The van der Waals surface area contributed by atoms with E-state index in [1.807, 2.05) is 36.5 Å². The summed E-state index contributed by atoms with van der Waals surface area (Å²) in [5, 5.41) is 5.04. The molecule has 0 fully saturated rings. The molecule has 1 aromatic heterocycles. The Balaban J connectivity index is 1.53. The van der Waals surface area contributed by atoms with Gasteiger partial charge < -0.3 is 0 Å². The molecule has 0 unspecified atom stereocenters. The maximum Gasteiger partial charge on any atom is 0.0894 e. The second kappa shape index (κ2) is 6.08. The molecule has 5 aromatic rings. The topological polar surface area (TPSA) is 25.8 Å². The Morgan fingerprint density at radius 1 is 0.577 bits per heavy atom. The summed E-state index contributed by atoms with van der Waals surface area (Å²) >= 11 is 0. The first-order valence-electron chi connectivity index (χ1n) is 8.68. The number of rotatable bonds is 2. The van der Waals surface area contributed by atoms with E-state index in [2.05, 4.69) is 70.6 Å². The van der Waals surface area contributed by atoms with Crippen LogP contribution in [0.2, 0.25) is 0 Å². The van der Waals surface area contributed by atoms with Gasteiger partial charge in [-0.05, 0) is 63.5 Å². The van der Waals surface area contributed by atoms with Crippen LogP contribution in [0.3, 0.4) is 0 Å². The summed E-state index contributed by atoms with van der Waals surface area (Å²) in [6.07, 6.45) is 5.92. The molecular formula is C24H16N2. The zero-order valence-corrected chi connectivity index (χ0v) is 14.1. The zero-order chi connectivity index (χ0) is 17.3. The lowest BCUT2D eigenvalue weighted by molar-refractivity contribution is 1.27. The molecule has 0 amide bonds. The monoisotopic (exact) mass is 332 g/mol. The zero-order valence-electron chi connectivity index (χ0n) is 14.1. The van der Waals surface area contributed by atoms with Gasteiger partial charge in [0.15, 0.2) is 0 Å². The van der Waals surface area contributed by atoms with Crippen LogP contribution in [0, 0.1) is 0 Å². The Morgan fingerprint density at radius 3 is 2.12 bits per heavy atom. The number of hydrogen-bond donors (Lipinski definition) is 0. The van der Waals surface area contributed by atoms with Crippen LogP contribution in [0.4, 0.5) is 0 Å². The minimum Gasteiger partial charge on any atom is -0.252 e. The maximum absolute atomic E-state index is 4.64. The van der Waals surface area contributed by atoms with Crippen molar-refractivity contribution in [2.45, 2.75) is 0 Å². The van der Waals surface area contributed by atoms with Crippen molar-refractivity contribution < 1.29 is 0 Å². The summed E-state index contributed by atoms with van der Waals surface area (Å²) in [6.45, 7) is 0. The summed E-state index contributed by atoms with van der Waals surface area (Å²) < 4.78 is 0. The quantitative estimate of drug-likeness (QED) is 0.365. The van der Waals surface area contributed by atoms with E-state index < -0.39 is 0 Å². The summed E-state index contributed by atoms with van der Waals surface area (Å²) in [5.74, 6) is 0. The van der Waals surface area contributed by atoms with Crippen molar-refractivity contribution in [2.24, 2.45) is 0 Å². The average molecular weight is 332 g/mol. The van der Waals surface area contributed by atoms with E-state index >= 15 is 0 Å². The first-order valence-corrected chi connectivity index (χ1v) is 8.68. The Morgan fingerprint density at radius 2 is 1.27 bits per heavy atom. The van der Waals surface area contributed by atoms with Crippen LogP contribution in [-0.4, -0.2) is 9.97 Å². The summed E-state index contributed by atoms with van der Waals surface area (Å²) in [5.41, 5.74) is 3.85. The van der Waals surface area contributed by atoms with E-state index in [1.165, 1.54) is 21.5 Å². The second-order valence-electron chi connectivity index (χ2n) is 6.42. The van der Waals surface area contributed by atoms with E-state index in [0.717, 1.165) is 22.3 Å². The van der Waals surface area contributed by atoms with Gasteiger partial charge in [-0.3, -0.25) is 4.98 Å². The van der Waals surface area contributed by atoms with Crippen molar-refractivity contribution in [3.05, 3.63) is 96.3 Å². The van der Waals surface area contributed by atoms with Gasteiger partial charge in [0, 0.05) is 0 Å². The molecule has 0 N–H and O–H groups in total. The molecule has 0 spiro atoms. The maximum atomic E-state index is 4.64. The standard InChI is InChI=1S/C24H16N2/c1-2-6-19-15-21-13-17(9-11-20(21)14-18(19)5-1)10-12-22-16-25-23-7-3-4-8-24(23)26-22/h1-16H/b12-10+. The van der Waals surface area contributed by atoms with Crippen molar-refractivity contribution >= 4 is 44.7 Å². The van der Waals surface area contributed by atoms with Crippen LogP contribution >= 0.6 is 0 Å². The molecule has 0 aliphatic carbocycles. The third-order valence-corrected chi connectivity index (χ3v) is 4.64. The Hall–Kier alpha value is -3.52. The number of aromatic nitrogens is 2. The van der Waals surface area contributed by atoms with Crippen LogP contribution in [0.5, 0.6) is 0 Å². The lowest BCUT2D eigenvalue weighted by Crippen LogP contribution is -1.86. The van der Waals surface area contributed by atoms with E-state index in [9.17, 15) is 0 Å². The fraction of sp³-hybridized carbons (Fsp3) is 0. The number of nitrogens with zero attached hydrogens (tertiary/aromatic N) is 2. The molecule has 122 valence electrons. The van der Waals surface area contributed by atoms with Crippen molar-refractivity contribution in [1.29, 1.82) is 0 Å². The minimum atomic E-state index is 0.863. The molecule has 2 heteroatoms. The van der Waals surface area contributed by atoms with E-state index in [-0.39, 0.29) is 0 Å². The predicted molar refractivity (Wildman–Crippen MR) is 110 cm³/mol. The lowest BCUT2D eigenvalue weighted by atomic mass is 10.0. The average Bonchev–Trinajstić information content (AvgIpc) is 2.70. The first-order chi connectivity index (χ1) is 12.8. The molecule has 26 heavy (non-hydrogen) atoms. The molecule has 0 aliphatic rings. The number of fused-ring (bicyclic) bond motifs is 3. The summed E-state index contributed by atoms with van der Waals surface area (Å²) in [4.78, 5) is 9.11. The van der Waals surface area contributed by atoms with Gasteiger partial charge in [-0.15, -0.1) is 0 Å². The molecule has 0 bridgehead atoms. The van der Waals surface area contributed by atoms with Gasteiger partial charge in [0.1, 0.15) is 0 Å². The summed E-state index contributed by atoms with van der Waals surface area (Å²) in [7, 11) is 0. The minimum absolute atomic E-state index is 0.863. The molecule has 4 aromatic carbocycles. The second-order valence-corrected chi connectivity index (χ2v) is 6.42. The normalized spacial score (nSPS) is 11.7. The molecular weight excluding hydrogens is 316 g/mol. The molecule has 2 nitrogen and oxygen atoms in total. The highest BCUT2D eigenvalue weighted by Crippen LogP contribution is 2.24. The van der Waals surface area contributed by atoms with Gasteiger partial charge in [0.25, 0.3) is 0 Å². The molecule has 5 rings (SSSR count). The van der Waals surface area contributed by atoms with Crippen molar-refractivity contribution in [1.82, 2.24) is 9.97 Å². The molecule has 1 heterocycles. The molecule has 0 radical (unpaired) electrons. The van der Waals surface area contributed by atoms with E-state index in [1.54, 1.807) is 0 Å². The fourth-order valence-corrected chi connectivity index (χ4v) is 3.30. The van der Waals surface area contributed by atoms with Crippen molar-refractivity contribution in [2.75, 3.05) is 0 Å². The molecule has 0 saturated carbocycles. The van der Waals surface area contributed by atoms with Gasteiger partial charge in [-0.25, -0.2) is 4.98 Å². The van der Waals surface area contributed by atoms with Gasteiger partial charge in [0.2, 0.25) is 0 Å². The van der Waals surface area contributed by atoms with Gasteiger partial charge in [-0.2, -0.15) is 0 Å². The molecule has 0 atom stereocenters. The first kappa shape index (κ1) is 14.8. The Kier molecular flexibility index (Phi) is 3.46. The van der Waals surface area contributed by atoms with Crippen molar-refractivity contribution in [3.8, 4) is 0 Å². The third-order valence-electron chi connectivity index (χ3n) is 4.64. The number of hydrogen-bond acceptors (Lipinski definition) is 2. The van der Waals surface area contributed by atoms with Crippen LogP contribution in [-0.2, 0) is 0 Å². The Bertz CT molecular complexity index is 1290. The molecule has 0 aliphatic heterocycles. The van der Waals surface area contributed by atoms with Crippen LogP contribution in [0.25, 0.3) is 44.7 Å². The largest absolute Gasteiger partial charge is 0.252 e. The van der Waals surface area contributed by atoms with Crippen LogP contribution in [0.15, 0.2) is 85.1 Å². The van der Waals surface area contributed by atoms with E-state index in [0.29, 0.717) is 0 Å². The predicted octanol–water partition coefficient (Wildman–Crippen LogP) is 6.11. The summed E-state index contributed by atoms with van der Waals surface area (Å²) in [6, 6.07) is 27.4. The number of benzene rings is 4. The van der Waals surface area contributed by atoms with Gasteiger partial charge in [-0.1, -0.05) is 54.6 Å². The number of para-hydroxylation sites is 2. The highest BCUT2D eigenvalue weighted by molar-refractivity contribution is 5.99. The van der Waals surface area contributed by atoms with Gasteiger partial charge >= 0.3 is 0 Å². The lowest BCUT2D eigenvalue weighted by Gasteiger charge is -2.03. The Labute approximate surface area is 151 Å². The third kappa shape index (κ3) is 2.72. The SMILES string of the molecule is C(=C\c1cnc2ccccc2n1)/c1ccc2cc3ccccc3cc2c1. The highest BCUT2D eigenvalue weighted by atomic mass is 14.8. The van der Waals surface area contributed by atoms with Crippen LogP contribution in [0.1, 0.15) is 11.3 Å². The van der Waals surface area contributed by atoms with Gasteiger partial charge in [0.05, 0.1) is 22.9 Å².